The van der Waals surface area contributed by atoms with Crippen molar-refractivity contribution in [2.45, 2.75) is 32.1 Å². The monoisotopic (exact) mass is 383 g/mol. The van der Waals surface area contributed by atoms with Crippen molar-refractivity contribution in [3.05, 3.63) is 46.4 Å². The van der Waals surface area contributed by atoms with Crippen LogP contribution in [0.4, 0.5) is 13.2 Å². The van der Waals surface area contributed by atoms with E-state index in [1.54, 1.807) is 6.20 Å². The van der Waals surface area contributed by atoms with E-state index in [0.717, 1.165) is 38.0 Å². The predicted octanol–water partition coefficient (Wildman–Crippen LogP) is 1.97. The maximum atomic E-state index is 12.6. The van der Waals surface area contributed by atoms with Crippen LogP contribution < -0.4 is 10.3 Å². The fraction of sp³-hybridized carbons (Fsp3) is 0.529. The first kappa shape index (κ1) is 19.3. The highest BCUT2D eigenvalue weighted by Crippen LogP contribution is 2.26. The summed E-state index contributed by atoms with van der Waals surface area (Å²) < 4.78 is 44.1. The molecule has 0 radical (unpaired) electrons. The number of nitrogens with zero attached hydrogens (tertiary/aromatic N) is 5. The molecule has 1 aliphatic heterocycles. The first-order valence-electron chi connectivity index (χ1n) is 8.57. The first-order valence-corrected chi connectivity index (χ1v) is 8.57. The van der Waals surface area contributed by atoms with Gasteiger partial charge in [0.15, 0.2) is 5.69 Å². The van der Waals surface area contributed by atoms with Gasteiger partial charge in [-0.25, -0.2) is 9.97 Å². The van der Waals surface area contributed by atoms with Crippen LogP contribution in [0.15, 0.2) is 29.5 Å². The summed E-state index contributed by atoms with van der Waals surface area (Å²) in [5.41, 5.74) is -0.963. The van der Waals surface area contributed by atoms with Crippen LogP contribution in [0.25, 0.3) is 0 Å². The van der Waals surface area contributed by atoms with Gasteiger partial charge in [-0.2, -0.15) is 18.2 Å². The van der Waals surface area contributed by atoms with Gasteiger partial charge >= 0.3 is 12.2 Å². The summed E-state index contributed by atoms with van der Waals surface area (Å²) in [6.07, 6.45) is -0.277. The quantitative estimate of drug-likeness (QED) is 0.786. The normalized spacial score (nSPS) is 16.4. The number of halogens is 3. The van der Waals surface area contributed by atoms with Gasteiger partial charge < -0.3 is 4.74 Å². The molecule has 0 atom stereocenters. The molecule has 10 heteroatoms. The number of aromatic nitrogens is 4. The lowest BCUT2D eigenvalue weighted by Crippen LogP contribution is -2.36. The van der Waals surface area contributed by atoms with E-state index in [4.69, 9.17) is 4.74 Å². The number of alkyl halides is 3. The van der Waals surface area contributed by atoms with E-state index in [1.807, 2.05) is 6.07 Å². The Kier molecular flexibility index (Phi) is 5.73. The van der Waals surface area contributed by atoms with Crippen molar-refractivity contribution in [2.24, 2.45) is 5.92 Å². The average Bonchev–Trinajstić information content (AvgIpc) is 2.64. The standard InChI is InChI=1S/C17H20F3N5O2/c1-27-16-21-5-2-13(23-16)10-24-6-3-12(4-7-24)9-25-11-22-14(8-15(25)26)17(18,19)20/h2,5,8,11-12H,3-4,6-7,9-10H2,1H3. The van der Waals surface area contributed by atoms with Gasteiger partial charge in [-0.05, 0) is 37.9 Å². The Labute approximate surface area is 153 Å². The number of piperidine rings is 1. The van der Waals surface area contributed by atoms with Gasteiger partial charge in [0.05, 0.1) is 19.1 Å². The van der Waals surface area contributed by atoms with Gasteiger partial charge in [-0.15, -0.1) is 0 Å². The molecule has 0 aromatic carbocycles. The van der Waals surface area contributed by atoms with Gasteiger partial charge in [0.2, 0.25) is 0 Å². The van der Waals surface area contributed by atoms with Crippen molar-refractivity contribution < 1.29 is 17.9 Å². The molecule has 0 amide bonds. The average molecular weight is 383 g/mol. The molecule has 2 aromatic rings. The topological polar surface area (TPSA) is 73.1 Å². The van der Waals surface area contributed by atoms with Crippen LogP contribution in [-0.2, 0) is 19.3 Å². The van der Waals surface area contributed by atoms with Crippen LogP contribution >= 0.6 is 0 Å². The molecule has 27 heavy (non-hydrogen) atoms. The maximum absolute atomic E-state index is 12.6. The molecule has 0 aliphatic carbocycles. The van der Waals surface area contributed by atoms with Gasteiger partial charge in [0, 0.05) is 25.4 Å². The van der Waals surface area contributed by atoms with Crippen molar-refractivity contribution in [3.63, 3.8) is 0 Å². The summed E-state index contributed by atoms with van der Waals surface area (Å²) in [5, 5.41) is 0. The van der Waals surface area contributed by atoms with E-state index < -0.39 is 17.4 Å². The van der Waals surface area contributed by atoms with Crippen LogP contribution in [-0.4, -0.2) is 44.6 Å². The summed E-state index contributed by atoms with van der Waals surface area (Å²) in [5.74, 6) is 0.220. The predicted molar refractivity (Wildman–Crippen MR) is 90.1 cm³/mol. The fourth-order valence-corrected chi connectivity index (χ4v) is 3.11. The number of rotatable bonds is 5. The summed E-state index contributed by atoms with van der Waals surface area (Å²) in [6, 6.07) is 2.72. The molecular weight excluding hydrogens is 363 g/mol. The molecule has 3 rings (SSSR count). The molecule has 1 saturated heterocycles. The molecule has 1 fully saturated rings. The Morgan fingerprint density at radius 3 is 2.63 bits per heavy atom. The Balaban J connectivity index is 1.54. The van der Waals surface area contributed by atoms with Crippen molar-refractivity contribution in [1.82, 2.24) is 24.4 Å². The molecule has 2 aromatic heterocycles. The van der Waals surface area contributed by atoms with Crippen LogP contribution in [0, 0.1) is 5.92 Å². The van der Waals surface area contributed by atoms with Crippen LogP contribution in [0.5, 0.6) is 6.01 Å². The summed E-state index contributed by atoms with van der Waals surface area (Å²) in [7, 11) is 1.52. The fourth-order valence-electron chi connectivity index (χ4n) is 3.11. The number of hydrogen-bond donors (Lipinski definition) is 0. The number of likely N-dealkylation sites (tertiary alicyclic amines) is 1. The lowest BCUT2D eigenvalue weighted by atomic mass is 9.96. The third-order valence-electron chi connectivity index (χ3n) is 4.59. The second-order valence-electron chi connectivity index (χ2n) is 6.52. The van der Waals surface area contributed by atoms with Gasteiger partial charge in [-0.1, -0.05) is 0 Å². The molecule has 0 bridgehead atoms. The summed E-state index contributed by atoms with van der Waals surface area (Å²) in [4.78, 5) is 25.8. The summed E-state index contributed by atoms with van der Waals surface area (Å²) >= 11 is 0. The van der Waals surface area contributed by atoms with Crippen molar-refractivity contribution in [1.29, 1.82) is 0 Å². The van der Waals surface area contributed by atoms with E-state index in [2.05, 4.69) is 19.9 Å². The number of methoxy groups -OCH3 is 1. The molecule has 0 spiro atoms. The van der Waals surface area contributed by atoms with E-state index in [-0.39, 0.29) is 5.92 Å². The minimum absolute atomic E-state index is 0.220. The smallest absolute Gasteiger partial charge is 0.433 e. The first-order chi connectivity index (χ1) is 12.8. The number of hydrogen-bond acceptors (Lipinski definition) is 6. The maximum Gasteiger partial charge on any atom is 0.433 e. The Hall–Kier alpha value is -2.49. The molecule has 0 N–H and O–H groups in total. The molecule has 146 valence electrons. The minimum Gasteiger partial charge on any atom is -0.467 e. The second-order valence-corrected chi connectivity index (χ2v) is 6.52. The van der Waals surface area contributed by atoms with E-state index in [9.17, 15) is 18.0 Å². The third kappa shape index (κ3) is 5.03. The van der Waals surface area contributed by atoms with Gasteiger partial charge in [-0.3, -0.25) is 14.3 Å². The Bertz CT molecular complexity index is 832. The highest BCUT2D eigenvalue weighted by atomic mass is 19.4. The van der Waals surface area contributed by atoms with E-state index in [0.29, 0.717) is 25.2 Å². The van der Waals surface area contributed by atoms with Gasteiger partial charge in [0.1, 0.15) is 0 Å². The van der Waals surface area contributed by atoms with Crippen molar-refractivity contribution in [3.8, 4) is 6.01 Å². The molecule has 0 saturated carbocycles. The summed E-state index contributed by atoms with van der Waals surface area (Å²) in [6.45, 7) is 2.69. The van der Waals surface area contributed by atoms with Crippen LogP contribution in [0.3, 0.4) is 0 Å². The largest absolute Gasteiger partial charge is 0.467 e. The Morgan fingerprint density at radius 1 is 1.26 bits per heavy atom. The highest BCUT2D eigenvalue weighted by Gasteiger charge is 2.33. The van der Waals surface area contributed by atoms with Crippen LogP contribution in [0.2, 0.25) is 0 Å². The van der Waals surface area contributed by atoms with Crippen molar-refractivity contribution in [2.75, 3.05) is 20.2 Å². The molecular formula is C17H20F3N5O2. The van der Waals surface area contributed by atoms with Crippen LogP contribution in [0.1, 0.15) is 24.2 Å². The minimum atomic E-state index is -4.60. The van der Waals surface area contributed by atoms with E-state index in [1.165, 1.54) is 11.7 Å². The SMILES string of the molecule is COc1nccc(CN2CCC(Cn3cnc(C(F)(F)F)cc3=O)CC2)n1. The molecule has 3 heterocycles. The lowest BCUT2D eigenvalue weighted by Gasteiger charge is -2.31. The zero-order valence-corrected chi connectivity index (χ0v) is 14.8. The number of ether oxygens (including phenoxy) is 1. The second kappa shape index (κ2) is 8.03. The molecule has 1 aliphatic rings. The highest BCUT2D eigenvalue weighted by molar-refractivity contribution is 5.06. The lowest BCUT2D eigenvalue weighted by molar-refractivity contribution is -0.141. The Morgan fingerprint density at radius 2 is 2.00 bits per heavy atom. The molecule has 0 unspecified atom stereocenters. The molecule has 7 nitrogen and oxygen atoms in total. The third-order valence-corrected chi connectivity index (χ3v) is 4.59. The van der Waals surface area contributed by atoms with E-state index >= 15 is 0 Å². The van der Waals surface area contributed by atoms with Gasteiger partial charge in [0.25, 0.3) is 5.56 Å². The zero-order valence-electron chi connectivity index (χ0n) is 14.8. The zero-order chi connectivity index (χ0) is 19.4. The van der Waals surface area contributed by atoms with Crippen molar-refractivity contribution >= 4 is 0 Å².